The molecule has 0 aromatic heterocycles. The highest BCUT2D eigenvalue weighted by Gasteiger charge is 2.21. The highest BCUT2D eigenvalue weighted by molar-refractivity contribution is 5.93. The van der Waals surface area contributed by atoms with Crippen LogP contribution in [-0.4, -0.2) is 24.8 Å². The Labute approximate surface area is 105 Å². The smallest absolute Gasteiger partial charge is 0.342 e. The van der Waals surface area contributed by atoms with E-state index in [1.807, 2.05) is 0 Å². The van der Waals surface area contributed by atoms with Crippen molar-refractivity contribution in [3.05, 3.63) is 23.8 Å². The minimum absolute atomic E-state index is 0.226. The van der Waals surface area contributed by atoms with Gasteiger partial charge in [0, 0.05) is 0 Å². The first-order valence-electron chi connectivity index (χ1n) is 5.36. The third kappa shape index (κ3) is 3.71. The van der Waals surface area contributed by atoms with Gasteiger partial charge in [0.2, 0.25) is 6.08 Å². The Balaban J connectivity index is 3.15. The van der Waals surface area contributed by atoms with Gasteiger partial charge < -0.3 is 9.47 Å². The van der Waals surface area contributed by atoms with Crippen LogP contribution in [0.25, 0.3) is 0 Å². The molecule has 0 heterocycles. The number of hydrogen-bond donors (Lipinski definition) is 0. The predicted molar refractivity (Wildman–Crippen MR) is 65.9 cm³/mol. The Morgan fingerprint density at radius 3 is 2.50 bits per heavy atom. The molecule has 0 unspecified atom stereocenters. The zero-order valence-corrected chi connectivity index (χ0v) is 10.8. The quantitative estimate of drug-likeness (QED) is 0.469. The van der Waals surface area contributed by atoms with E-state index in [2.05, 4.69) is 4.99 Å². The van der Waals surface area contributed by atoms with Crippen LogP contribution in [0.1, 0.15) is 31.1 Å². The number of nitrogens with zero attached hydrogens (tertiary/aromatic N) is 1. The van der Waals surface area contributed by atoms with Crippen LogP contribution in [0.5, 0.6) is 5.75 Å². The van der Waals surface area contributed by atoms with Crippen LogP contribution in [0.15, 0.2) is 23.2 Å². The molecule has 18 heavy (non-hydrogen) atoms. The Morgan fingerprint density at radius 1 is 1.33 bits per heavy atom. The molecule has 5 nitrogen and oxygen atoms in total. The first kappa shape index (κ1) is 13.9. The molecule has 0 fully saturated rings. The number of rotatable bonds is 3. The van der Waals surface area contributed by atoms with E-state index in [0.717, 1.165) is 0 Å². The van der Waals surface area contributed by atoms with Crippen LogP contribution >= 0.6 is 0 Å². The van der Waals surface area contributed by atoms with Crippen molar-refractivity contribution in [2.75, 3.05) is 7.11 Å². The molecule has 1 rings (SSSR count). The van der Waals surface area contributed by atoms with E-state index in [1.165, 1.54) is 19.3 Å². The summed E-state index contributed by atoms with van der Waals surface area (Å²) in [4.78, 5) is 25.6. The zero-order valence-electron chi connectivity index (χ0n) is 10.8. The Hall–Kier alpha value is -2.13. The largest absolute Gasteiger partial charge is 0.496 e. The van der Waals surface area contributed by atoms with E-state index in [4.69, 9.17) is 9.47 Å². The van der Waals surface area contributed by atoms with Gasteiger partial charge in [-0.2, -0.15) is 4.99 Å². The van der Waals surface area contributed by atoms with Gasteiger partial charge in [0.15, 0.2) is 0 Å². The van der Waals surface area contributed by atoms with Gasteiger partial charge in [0.1, 0.15) is 16.9 Å². The number of ether oxygens (including phenoxy) is 2. The summed E-state index contributed by atoms with van der Waals surface area (Å²) in [5.74, 6) is -0.156. The molecule has 96 valence electrons. The fourth-order valence-corrected chi connectivity index (χ4v) is 1.31. The van der Waals surface area contributed by atoms with Crippen molar-refractivity contribution in [1.82, 2.24) is 0 Å². The Bertz CT molecular complexity index is 496. The minimum Gasteiger partial charge on any atom is -0.496 e. The number of carbonyl (C=O) groups is 1. The number of esters is 1. The van der Waals surface area contributed by atoms with Gasteiger partial charge in [0.05, 0.1) is 12.8 Å². The van der Waals surface area contributed by atoms with E-state index >= 15 is 0 Å². The average molecular weight is 249 g/mol. The number of hydrogen-bond acceptors (Lipinski definition) is 5. The van der Waals surface area contributed by atoms with E-state index in [-0.39, 0.29) is 5.56 Å². The maximum Gasteiger partial charge on any atom is 0.342 e. The standard InChI is InChI=1S/C13H15NO4/c1-13(2,3)18-12(16)10-7-9(14-8-15)5-6-11(10)17-4/h5-7H,1-4H3. The number of aliphatic imine (C=N–C) groups is 1. The summed E-state index contributed by atoms with van der Waals surface area (Å²) in [6.07, 6.45) is 1.42. The van der Waals surface area contributed by atoms with Crippen LogP contribution in [0.3, 0.4) is 0 Å². The minimum atomic E-state index is -0.605. The summed E-state index contributed by atoms with van der Waals surface area (Å²) in [6, 6.07) is 4.53. The topological polar surface area (TPSA) is 65.0 Å². The highest BCUT2D eigenvalue weighted by atomic mass is 16.6. The second-order valence-electron chi connectivity index (χ2n) is 4.59. The molecule has 0 N–H and O–H groups in total. The average Bonchev–Trinajstić information content (AvgIpc) is 2.27. The van der Waals surface area contributed by atoms with E-state index < -0.39 is 11.6 Å². The molecule has 0 saturated carbocycles. The fourth-order valence-electron chi connectivity index (χ4n) is 1.31. The molecular weight excluding hydrogens is 234 g/mol. The third-order valence-corrected chi connectivity index (χ3v) is 1.98. The SMILES string of the molecule is COc1ccc(N=C=O)cc1C(=O)OC(C)(C)C. The second kappa shape index (κ2) is 5.47. The van der Waals surface area contributed by atoms with Crippen molar-refractivity contribution in [3.63, 3.8) is 0 Å². The lowest BCUT2D eigenvalue weighted by Gasteiger charge is -2.20. The summed E-state index contributed by atoms with van der Waals surface area (Å²) < 4.78 is 10.3. The van der Waals surface area contributed by atoms with Gasteiger partial charge in [-0.05, 0) is 39.0 Å². The number of carbonyl (C=O) groups excluding carboxylic acids is 2. The molecule has 0 aliphatic rings. The van der Waals surface area contributed by atoms with E-state index in [1.54, 1.807) is 32.9 Å². The maximum atomic E-state index is 12.0. The van der Waals surface area contributed by atoms with Crippen molar-refractivity contribution in [3.8, 4) is 5.75 Å². The summed E-state index contributed by atoms with van der Waals surface area (Å²) in [7, 11) is 1.45. The second-order valence-corrected chi connectivity index (χ2v) is 4.59. The van der Waals surface area contributed by atoms with Gasteiger partial charge in [-0.1, -0.05) is 0 Å². The molecule has 0 aliphatic carbocycles. The van der Waals surface area contributed by atoms with Gasteiger partial charge in [-0.15, -0.1) is 0 Å². The first-order chi connectivity index (χ1) is 8.37. The molecule has 0 amide bonds. The van der Waals surface area contributed by atoms with Gasteiger partial charge in [-0.25, -0.2) is 9.59 Å². The number of isocyanates is 1. The molecule has 0 aliphatic heterocycles. The van der Waals surface area contributed by atoms with Crippen molar-refractivity contribution in [2.24, 2.45) is 4.99 Å². The molecular formula is C13H15NO4. The first-order valence-corrected chi connectivity index (χ1v) is 5.36. The van der Waals surface area contributed by atoms with Crippen molar-refractivity contribution < 1.29 is 19.1 Å². The Kier molecular flexibility index (Phi) is 4.23. The van der Waals surface area contributed by atoms with Crippen molar-refractivity contribution in [2.45, 2.75) is 26.4 Å². The van der Waals surface area contributed by atoms with E-state index in [0.29, 0.717) is 11.4 Å². The molecule has 1 aromatic carbocycles. The van der Waals surface area contributed by atoms with Gasteiger partial charge >= 0.3 is 5.97 Å². The summed E-state index contributed by atoms with van der Waals surface area (Å²) >= 11 is 0. The maximum absolute atomic E-state index is 12.0. The molecule has 0 radical (unpaired) electrons. The van der Waals surface area contributed by atoms with Gasteiger partial charge in [-0.3, -0.25) is 0 Å². The molecule has 0 saturated heterocycles. The predicted octanol–water partition coefficient (Wildman–Crippen LogP) is 2.62. The molecule has 5 heteroatoms. The highest BCUT2D eigenvalue weighted by Crippen LogP contribution is 2.26. The number of benzene rings is 1. The van der Waals surface area contributed by atoms with Crippen LogP contribution in [0.4, 0.5) is 5.69 Å². The van der Waals surface area contributed by atoms with Crippen molar-refractivity contribution >= 4 is 17.7 Å². The summed E-state index contributed by atoms with van der Waals surface area (Å²) in [5, 5.41) is 0. The third-order valence-electron chi connectivity index (χ3n) is 1.98. The summed E-state index contributed by atoms with van der Waals surface area (Å²) in [6.45, 7) is 5.31. The van der Waals surface area contributed by atoms with Crippen LogP contribution in [-0.2, 0) is 9.53 Å². The lowest BCUT2D eigenvalue weighted by atomic mass is 10.1. The zero-order chi connectivity index (χ0) is 13.8. The normalized spacial score (nSPS) is 10.4. The number of methoxy groups -OCH3 is 1. The molecule has 0 spiro atoms. The monoisotopic (exact) mass is 249 g/mol. The lowest BCUT2D eigenvalue weighted by molar-refractivity contribution is 0.00666. The van der Waals surface area contributed by atoms with Crippen molar-refractivity contribution in [1.29, 1.82) is 0 Å². The van der Waals surface area contributed by atoms with Crippen LogP contribution in [0.2, 0.25) is 0 Å². The summed E-state index contributed by atoms with van der Waals surface area (Å²) in [5.41, 5.74) is -0.0537. The van der Waals surface area contributed by atoms with Gasteiger partial charge in [0.25, 0.3) is 0 Å². The van der Waals surface area contributed by atoms with Crippen LogP contribution in [0, 0.1) is 0 Å². The fraction of sp³-hybridized carbons (Fsp3) is 0.385. The lowest BCUT2D eigenvalue weighted by Crippen LogP contribution is -2.24. The Morgan fingerprint density at radius 2 is 2.00 bits per heavy atom. The molecule has 0 bridgehead atoms. The van der Waals surface area contributed by atoms with E-state index in [9.17, 15) is 9.59 Å². The molecule has 1 aromatic rings. The molecule has 0 atom stereocenters. The van der Waals surface area contributed by atoms with Crippen LogP contribution < -0.4 is 4.74 Å².